The van der Waals surface area contributed by atoms with Crippen LogP contribution in [-0.2, 0) is 0 Å². The van der Waals surface area contributed by atoms with Gasteiger partial charge in [-0.1, -0.05) is 35.9 Å². The number of carboxylic acid groups (broad SMARTS) is 1. The Labute approximate surface area is 104 Å². The maximum Gasteiger partial charge on any atom is 0.336 e. The highest BCUT2D eigenvalue weighted by Gasteiger charge is 2.08. The van der Waals surface area contributed by atoms with Gasteiger partial charge in [0.05, 0.1) is 5.56 Å². The van der Waals surface area contributed by atoms with E-state index in [2.05, 4.69) is 18.2 Å². The van der Waals surface area contributed by atoms with Crippen molar-refractivity contribution >= 4 is 27.5 Å². The summed E-state index contributed by atoms with van der Waals surface area (Å²) in [6, 6.07) is 15.6. The average Bonchev–Trinajstić information content (AvgIpc) is 2.35. The first-order valence-electron chi connectivity index (χ1n) is 5.81. The minimum atomic E-state index is -0.882. The van der Waals surface area contributed by atoms with Crippen LogP contribution in [0.5, 0.6) is 0 Å². The largest absolute Gasteiger partial charge is 0.478 e. The summed E-state index contributed by atoms with van der Waals surface area (Å²) in [6.07, 6.45) is 0. The van der Waals surface area contributed by atoms with Gasteiger partial charge in [-0.2, -0.15) is 0 Å². The summed E-state index contributed by atoms with van der Waals surface area (Å²) in [5, 5.41) is 13.2. The Morgan fingerprint density at radius 2 is 1.78 bits per heavy atom. The van der Waals surface area contributed by atoms with Gasteiger partial charge in [-0.3, -0.25) is 0 Å². The van der Waals surface area contributed by atoms with E-state index in [4.69, 9.17) is 0 Å². The fourth-order valence-electron chi connectivity index (χ4n) is 2.33. The predicted molar refractivity (Wildman–Crippen MR) is 73.2 cm³/mol. The number of rotatable bonds is 1. The standard InChI is InChI=1S/C16H12O2/c1-10-5-6-11-8-12-3-2-4-14(16(17)18)15(12)9-13(11)7-10/h2-9H,1H3,(H,17,18). The van der Waals surface area contributed by atoms with Crippen LogP contribution in [0.4, 0.5) is 0 Å². The van der Waals surface area contributed by atoms with Crippen molar-refractivity contribution in [3.63, 3.8) is 0 Å². The number of carbonyl (C=O) groups is 1. The van der Waals surface area contributed by atoms with Crippen molar-refractivity contribution in [2.24, 2.45) is 0 Å². The Hall–Kier alpha value is -2.35. The molecule has 1 N–H and O–H groups in total. The second-order valence-electron chi connectivity index (χ2n) is 4.53. The molecule has 0 unspecified atom stereocenters. The molecule has 2 heteroatoms. The molecule has 0 atom stereocenters. The molecule has 0 spiro atoms. The zero-order valence-corrected chi connectivity index (χ0v) is 9.97. The van der Waals surface area contributed by atoms with Crippen LogP contribution in [0.1, 0.15) is 15.9 Å². The van der Waals surface area contributed by atoms with Gasteiger partial charge in [-0.15, -0.1) is 0 Å². The molecule has 0 bridgehead atoms. The van der Waals surface area contributed by atoms with E-state index in [1.54, 1.807) is 12.1 Å². The average molecular weight is 236 g/mol. The number of carboxylic acids is 1. The molecule has 0 aliphatic heterocycles. The third-order valence-electron chi connectivity index (χ3n) is 3.22. The Morgan fingerprint density at radius 3 is 2.56 bits per heavy atom. The number of hydrogen-bond donors (Lipinski definition) is 1. The van der Waals surface area contributed by atoms with Gasteiger partial charge in [-0.05, 0) is 46.7 Å². The smallest absolute Gasteiger partial charge is 0.336 e. The highest BCUT2D eigenvalue weighted by atomic mass is 16.4. The first kappa shape index (κ1) is 10.8. The zero-order valence-electron chi connectivity index (χ0n) is 9.97. The van der Waals surface area contributed by atoms with E-state index in [0.29, 0.717) is 5.56 Å². The molecule has 0 fully saturated rings. The van der Waals surface area contributed by atoms with Crippen LogP contribution in [0.3, 0.4) is 0 Å². The maximum atomic E-state index is 11.2. The van der Waals surface area contributed by atoms with Gasteiger partial charge >= 0.3 is 5.97 Å². The van der Waals surface area contributed by atoms with E-state index in [1.165, 1.54) is 5.56 Å². The van der Waals surface area contributed by atoms with Crippen molar-refractivity contribution in [2.75, 3.05) is 0 Å². The van der Waals surface area contributed by atoms with E-state index in [0.717, 1.165) is 21.5 Å². The van der Waals surface area contributed by atoms with Gasteiger partial charge in [0, 0.05) is 0 Å². The Bertz CT molecular complexity index is 772. The van der Waals surface area contributed by atoms with Crippen molar-refractivity contribution < 1.29 is 9.90 Å². The first-order valence-corrected chi connectivity index (χ1v) is 5.81. The van der Waals surface area contributed by atoms with Crippen LogP contribution in [0.25, 0.3) is 21.5 Å². The SMILES string of the molecule is Cc1ccc2cc3cccc(C(=O)O)c3cc2c1. The number of benzene rings is 3. The molecule has 0 radical (unpaired) electrons. The molecule has 0 aliphatic carbocycles. The Balaban J connectivity index is 2.45. The minimum Gasteiger partial charge on any atom is -0.478 e. The Morgan fingerprint density at radius 1 is 0.944 bits per heavy atom. The molecular formula is C16H12O2. The van der Waals surface area contributed by atoms with Gasteiger partial charge in [0.1, 0.15) is 0 Å². The number of aromatic carboxylic acids is 1. The van der Waals surface area contributed by atoms with Crippen molar-refractivity contribution in [3.8, 4) is 0 Å². The van der Waals surface area contributed by atoms with Crippen LogP contribution in [0, 0.1) is 6.92 Å². The van der Waals surface area contributed by atoms with Gasteiger partial charge in [0.15, 0.2) is 0 Å². The maximum absolute atomic E-state index is 11.2. The summed E-state index contributed by atoms with van der Waals surface area (Å²) in [7, 11) is 0. The van der Waals surface area contributed by atoms with Crippen molar-refractivity contribution in [1.29, 1.82) is 0 Å². The molecule has 0 saturated heterocycles. The molecule has 2 nitrogen and oxygen atoms in total. The molecule has 88 valence electrons. The molecular weight excluding hydrogens is 224 g/mol. The van der Waals surface area contributed by atoms with Crippen LogP contribution in [0.15, 0.2) is 48.5 Å². The Kier molecular flexibility index (Phi) is 2.30. The molecule has 18 heavy (non-hydrogen) atoms. The van der Waals surface area contributed by atoms with Crippen molar-refractivity contribution in [3.05, 3.63) is 59.7 Å². The molecule has 3 aromatic rings. The zero-order chi connectivity index (χ0) is 12.7. The molecule has 0 saturated carbocycles. The topological polar surface area (TPSA) is 37.3 Å². The molecule has 0 aromatic heterocycles. The second-order valence-corrected chi connectivity index (χ2v) is 4.53. The number of fused-ring (bicyclic) bond motifs is 2. The highest BCUT2D eigenvalue weighted by molar-refractivity contribution is 6.08. The number of aryl methyl sites for hydroxylation is 1. The summed E-state index contributed by atoms with van der Waals surface area (Å²) in [4.78, 5) is 11.2. The van der Waals surface area contributed by atoms with Crippen molar-refractivity contribution in [2.45, 2.75) is 6.92 Å². The first-order chi connectivity index (χ1) is 8.65. The van der Waals surface area contributed by atoms with Crippen LogP contribution < -0.4 is 0 Å². The van der Waals surface area contributed by atoms with Gasteiger partial charge in [0.2, 0.25) is 0 Å². The normalized spacial score (nSPS) is 10.9. The highest BCUT2D eigenvalue weighted by Crippen LogP contribution is 2.26. The molecule has 0 heterocycles. The predicted octanol–water partition coefficient (Wildman–Crippen LogP) is 4.00. The van der Waals surface area contributed by atoms with Gasteiger partial charge in [-0.25, -0.2) is 4.79 Å². The third kappa shape index (κ3) is 1.63. The summed E-state index contributed by atoms with van der Waals surface area (Å²) < 4.78 is 0. The lowest BCUT2D eigenvalue weighted by molar-refractivity contribution is 0.0699. The lowest BCUT2D eigenvalue weighted by atomic mass is 9.99. The monoisotopic (exact) mass is 236 g/mol. The van der Waals surface area contributed by atoms with E-state index < -0.39 is 5.97 Å². The van der Waals surface area contributed by atoms with E-state index in [1.807, 2.05) is 25.1 Å². The molecule has 3 rings (SSSR count). The lowest BCUT2D eigenvalue weighted by Gasteiger charge is -2.06. The van der Waals surface area contributed by atoms with Crippen LogP contribution in [-0.4, -0.2) is 11.1 Å². The van der Waals surface area contributed by atoms with E-state index in [9.17, 15) is 9.90 Å². The molecule has 0 aliphatic rings. The van der Waals surface area contributed by atoms with E-state index in [-0.39, 0.29) is 0 Å². The van der Waals surface area contributed by atoms with Crippen LogP contribution in [0.2, 0.25) is 0 Å². The molecule has 0 amide bonds. The van der Waals surface area contributed by atoms with Gasteiger partial charge < -0.3 is 5.11 Å². The second kappa shape index (κ2) is 3.84. The minimum absolute atomic E-state index is 0.357. The quantitative estimate of drug-likeness (QED) is 0.648. The third-order valence-corrected chi connectivity index (χ3v) is 3.22. The fraction of sp³-hybridized carbons (Fsp3) is 0.0625. The molecule has 3 aromatic carbocycles. The summed E-state index contributed by atoms with van der Waals surface area (Å²) >= 11 is 0. The summed E-state index contributed by atoms with van der Waals surface area (Å²) in [6.45, 7) is 2.03. The lowest BCUT2D eigenvalue weighted by Crippen LogP contribution is -1.96. The summed E-state index contributed by atoms with van der Waals surface area (Å²) in [5.74, 6) is -0.882. The van der Waals surface area contributed by atoms with E-state index >= 15 is 0 Å². The number of hydrogen-bond acceptors (Lipinski definition) is 1. The fourth-order valence-corrected chi connectivity index (χ4v) is 2.33. The van der Waals surface area contributed by atoms with Crippen LogP contribution >= 0.6 is 0 Å². The van der Waals surface area contributed by atoms with Crippen molar-refractivity contribution in [1.82, 2.24) is 0 Å². The summed E-state index contributed by atoms with van der Waals surface area (Å²) in [5.41, 5.74) is 1.53. The van der Waals surface area contributed by atoms with Gasteiger partial charge in [0.25, 0.3) is 0 Å².